The monoisotopic (exact) mass is 260 g/mol. The van der Waals surface area contributed by atoms with Gasteiger partial charge in [-0.1, -0.05) is 12.1 Å². The topological polar surface area (TPSA) is 66.8 Å². The maximum Gasteiger partial charge on any atom is 0.416 e. The van der Waals surface area contributed by atoms with Gasteiger partial charge in [0.25, 0.3) is 0 Å². The van der Waals surface area contributed by atoms with Gasteiger partial charge in [0.2, 0.25) is 5.76 Å². The van der Waals surface area contributed by atoms with Crippen LogP contribution in [0, 0.1) is 0 Å². The smallest absolute Gasteiger partial charge is 0.416 e. The third-order valence-electron chi connectivity index (χ3n) is 2.45. The Morgan fingerprint density at radius 1 is 1.11 bits per heavy atom. The van der Waals surface area contributed by atoms with Crippen LogP contribution in [0.25, 0.3) is 0 Å². The van der Waals surface area contributed by atoms with Crippen LogP contribution < -0.4 is 0 Å². The van der Waals surface area contributed by atoms with Gasteiger partial charge in [0.05, 0.1) is 5.56 Å². The quantitative estimate of drug-likeness (QED) is 0.762. The molecule has 2 N–H and O–H groups in total. The SMILES string of the molecule is O=C1OC(c2ccc(C(F)(F)F)cc2)C(O)=C1O. The van der Waals surface area contributed by atoms with Crippen LogP contribution in [-0.2, 0) is 15.7 Å². The number of halogens is 3. The number of aliphatic hydroxyl groups is 2. The van der Waals surface area contributed by atoms with Gasteiger partial charge in [0.15, 0.2) is 11.9 Å². The number of carbonyl (C=O) groups is 1. The Morgan fingerprint density at radius 2 is 1.67 bits per heavy atom. The van der Waals surface area contributed by atoms with Crippen molar-refractivity contribution < 1.29 is 32.9 Å². The van der Waals surface area contributed by atoms with Crippen molar-refractivity contribution in [3.63, 3.8) is 0 Å². The summed E-state index contributed by atoms with van der Waals surface area (Å²) >= 11 is 0. The van der Waals surface area contributed by atoms with E-state index in [-0.39, 0.29) is 5.56 Å². The van der Waals surface area contributed by atoms with Crippen LogP contribution in [0.1, 0.15) is 17.2 Å². The fourth-order valence-corrected chi connectivity index (χ4v) is 1.52. The maximum atomic E-state index is 12.3. The number of cyclic esters (lactones) is 1. The highest BCUT2D eigenvalue weighted by atomic mass is 19.4. The van der Waals surface area contributed by atoms with Gasteiger partial charge < -0.3 is 14.9 Å². The highest BCUT2D eigenvalue weighted by Gasteiger charge is 2.36. The molecule has 4 nitrogen and oxygen atoms in total. The summed E-state index contributed by atoms with van der Waals surface area (Å²) in [7, 11) is 0. The van der Waals surface area contributed by atoms with Crippen molar-refractivity contribution in [2.45, 2.75) is 12.3 Å². The minimum atomic E-state index is -4.47. The molecular weight excluding hydrogens is 253 g/mol. The van der Waals surface area contributed by atoms with Crippen LogP contribution in [0.3, 0.4) is 0 Å². The van der Waals surface area contributed by atoms with Crippen molar-refractivity contribution in [3.05, 3.63) is 46.9 Å². The Balaban J connectivity index is 2.30. The van der Waals surface area contributed by atoms with Crippen molar-refractivity contribution in [1.29, 1.82) is 0 Å². The molecule has 96 valence electrons. The van der Waals surface area contributed by atoms with Gasteiger partial charge in [0.1, 0.15) is 0 Å². The normalized spacial score (nSPS) is 20.2. The van der Waals surface area contributed by atoms with Crippen molar-refractivity contribution >= 4 is 5.97 Å². The molecule has 0 saturated heterocycles. The van der Waals surface area contributed by atoms with E-state index in [1.54, 1.807) is 0 Å². The fourth-order valence-electron chi connectivity index (χ4n) is 1.52. The van der Waals surface area contributed by atoms with Crippen LogP contribution in [0.15, 0.2) is 35.8 Å². The molecule has 0 amide bonds. The average molecular weight is 260 g/mol. The number of rotatable bonds is 1. The first-order valence-corrected chi connectivity index (χ1v) is 4.81. The van der Waals surface area contributed by atoms with E-state index < -0.39 is 35.3 Å². The molecule has 1 atom stereocenters. The Labute approximate surface area is 98.9 Å². The summed E-state index contributed by atoms with van der Waals surface area (Å²) in [4.78, 5) is 10.9. The number of hydrogen-bond acceptors (Lipinski definition) is 4. The molecule has 18 heavy (non-hydrogen) atoms. The molecule has 0 saturated carbocycles. The second-order valence-electron chi connectivity index (χ2n) is 3.64. The standard InChI is InChI=1S/C11H7F3O4/c12-11(13,14)6-3-1-5(2-4-6)9-7(15)8(16)10(17)18-9/h1-4,9,15-16H. The lowest BCUT2D eigenvalue weighted by Crippen LogP contribution is -2.07. The van der Waals surface area contributed by atoms with E-state index in [1.165, 1.54) is 0 Å². The molecule has 0 radical (unpaired) electrons. The van der Waals surface area contributed by atoms with Crippen LogP contribution >= 0.6 is 0 Å². The zero-order valence-electron chi connectivity index (χ0n) is 8.73. The van der Waals surface area contributed by atoms with E-state index in [4.69, 9.17) is 5.11 Å². The number of aliphatic hydroxyl groups excluding tert-OH is 2. The van der Waals surface area contributed by atoms with E-state index in [0.717, 1.165) is 24.3 Å². The molecular formula is C11H7F3O4. The summed E-state index contributed by atoms with van der Waals surface area (Å²) < 4.78 is 41.5. The molecule has 7 heteroatoms. The first-order valence-electron chi connectivity index (χ1n) is 4.81. The number of ether oxygens (including phenoxy) is 1. The van der Waals surface area contributed by atoms with Gasteiger partial charge in [-0.15, -0.1) is 0 Å². The summed E-state index contributed by atoms with van der Waals surface area (Å²) in [6.45, 7) is 0. The van der Waals surface area contributed by atoms with E-state index in [1.807, 2.05) is 0 Å². The van der Waals surface area contributed by atoms with E-state index >= 15 is 0 Å². The molecule has 1 unspecified atom stereocenters. The Kier molecular flexibility index (Phi) is 2.68. The highest BCUT2D eigenvalue weighted by Crippen LogP contribution is 2.34. The molecule has 0 aliphatic carbocycles. The molecule has 0 bridgehead atoms. The largest absolute Gasteiger partial charge is 0.505 e. The summed E-state index contributed by atoms with van der Waals surface area (Å²) in [5, 5.41) is 18.4. The number of esters is 1. The fraction of sp³-hybridized carbons (Fsp3) is 0.182. The molecule has 2 rings (SSSR count). The van der Waals surface area contributed by atoms with Gasteiger partial charge in [-0.05, 0) is 12.1 Å². The molecule has 0 fully saturated rings. The molecule has 1 aromatic carbocycles. The third-order valence-corrected chi connectivity index (χ3v) is 2.45. The van der Waals surface area contributed by atoms with Gasteiger partial charge in [-0.3, -0.25) is 0 Å². The average Bonchev–Trinajstić information content (AvgIpc) is 2.56. The van der Waals surface area contributed by atoms with Crippen molar-refractivity contribution in [1.82, 2.24) is 0 Å². The van der Waals surface area contributed by atoms with E-state index in [0.29, 0.717) is 0 Å². The zero-order chi connectivity index (χ0) is 13.5. The van der Waals surface area contributed by atoms with Crippen molar-refractivity contribution in [2.24, 2.45) is 0 Å². The number of benzene rings is 1. The minimum Gasteiger partial charge on any atom is -0.505 e. The van der Waals surface area contributed by atoms with Crippen LogP contribution in [0.5, 0.6) is 0 Å². The summed E-state index contributed by atoms with van der Waals surface area (Å²) in [5.41, 5.74) is -0.721. The lowest BCUT2D eigenvalue weighted by molar-refractivity contribution is -0.143. The van der Waals surface area contributed by atoms with Gasteiger partial charge in [-0.25, -0.2) is 4.79 Å². The first-order chi connectivity index (χ1) is 8.30. The predicted molar refractivity (Wildman–Crippen MR) is 52.6 cm³/mol. The first kappa shape index (κ1) is 12.3. The number of alkyl halides is 3. The van der Waals surface area contributed by atoms with Crippen LogP contribution in [0.2, 0.25) is 0 Å². The molecule has 1 heterocycles. The highest BCUT2D eigenvalue weighted by molar-refractivity contribution is 5.89. The van der Waals surface area contributed by atoms with E-state index in [9.17, 15) is 23.1 Å². The maximum absolute atomic E-state index is 12.3. The van der Waals surface area contributed by atoms with E-state index in [2.05, 4.69) is 4.74 Å². The predicted octanol–water partition coefficient (Wildman–Crippen LogP) is 2.63. The Bertz CT molecular complexity index is 516. The summed E-state index contributed by atoms with van der Waals surface area (Å²) in [5.74, 6) is -2.75. The second kappa shape index (κ2) is 3.94. The summed E-state index contributed by atoms with van der Waals surface area (Å²) in [6.07, 6.45) is -5.73. The summed E-state index contributed by atoms with van der Waals surface area (Å²) in [6, 6.07) is 3.73. The van der Waals surface area contributed by atoms with Gasteiger partial charge in [-0.2, -0.15) is 13.2 Å². The zero-order valence-corrected chi connectivity index (χ0v) is 8.73. The lowest BCUT2D eigenvalue weighted by Gasteiger charge is -2.12. The molecule has 0 aromatic heterocycles. The second-order valence-corrected chi connectivity index (χ2v) is 3.64. The molecule has 0 spiro atoms. The van der Waals surface area contributed by atoms with Gasteiger partial charge >= 0.3 is 12.1 Å². The van der Waals surface area contributed by atoms with Crippen LogP contribution in [-0.4, -0.2) is 16.2 Å². The number of hydrogen-bond donors (Lipinski definition) is 2. The Morgan fingerprint density at radius 3 is 2.06 bits per heavy atom. The Hall–Kier alpha value is -2.18. The minimum absolute atomic E-state index is 0.137. The van der Waals surface area contributed by atoms with Crippen LogP contribution in [0.4, 0.5) is 13.2 Å². The van der Waals surface area contributed by atoms with Crippen molar-refractivity contribution in [3.8, 4) is 0 Å². The molecule has 1 aliphatic rings. The molecule has 1 aliphatic heterocycles. The van der Waals surface area contributed by atoms with Crippen molar-refractivity contribution in [2.75, 3.05) is 0 Å². The third kappa shape index (κ3) is 1.99. The van der Waals surface area contributed by atoms with Gasteiger partial charge in [0, 0.05) is 5.56 Å². The molecule has 1 aromatic rings. The lowest BCUT2D eigenvalue weighted by atomic mass is 10.1. The number of carbonyl (C=O) groups excluding carboxylic acids is 1.